The van der Waals surface area contributed by atoms with E-state index in [4.69, 9.17) is 0 Å². The number of amides is 1. The monoisotopic (exact) mass is 223 g/mol. The van der Waals surface area contributed by atoms with E-state index in [2.05, 4.69) is 25.3 Å². The van der Waals surface area contributed by atoms with Crippen molar-refractivity contribution in [1.29, 1.82) is 0 Å². The summed E-state index contributed by atoms with van der Waals surface area (Å²) in [4.78, 5) is 15.1. The minimum absolute atomic E-state index is 0.213. The van der Waals surface area contributed by atoms with Crippen LogP contribution in [-0.2, 0) is 4.79 Å². The molecule has 0 aromatic carbocycles. The molecule has 1 fully saturated rings. The molecular weight excluding hydrogens is 206 g/mol. The summed E-state index contributed by atoms with van der Waals surface area (Å²) in [5.74, 6) is 1.19. The molecule has 1 heterocycles. The van der Waals surface area contributed by atoms with Crippen LogP contribution in [0.3, 0.4) is 0 Å². The number of nitrogens with zero attached hydrogens (tertiary/aromatic N) is 1. The van der Waals surface area contributed by atoms with Gasteiger partial charge in [-0.05, 0) is 30.7 Å². The lowest BCUT2D eigenvalue weighted by Gasteiger charge is -2.24. The third kappa shape index (κ3) is 2.07. The zero-order valence-electron chi connectivity index (χ0n) is 9.43. The van der Waals surface area contributed by atoms with Gasteiger partial charge in [-0.25, -0.2) is 0 Å². The molecule has 0 bridgehead atoms. The number of thiophene rings is 1. The van der Waals surface area contributed by atoms with Crippen LogP contribution >= 0.6 is 11.3 Å². The maximum absolute atomic E-state index is 12.0. The molecule has 0 spiro atoms. The molecule has 82 valence electrons. The molecule has 2 nitrogen and oxygen atoms in total. The van der Waals surface area contributed by atoms with E-state index in [-0.39, 0.29) is 12.0 Å². The predicted molar refractivity (Wildman–Crippen MR) is 62.8 cm³/mol. The van der Waals surface area contributed by atoms with Gasteiger partial charge in [0, 0.05) is 17.8 Å². The molecule has 3 atom stereocenters. The molecule has 0 aliphatic heterocycles. The first-order valence-corrected chi connectivity index (χ1v) is 6.29. The van der Waals surface area contributed by atoms with Gasteiger partial charge < -0.3 is 4.90 Å². The average Bonchev–Trinajstić information content (AvgIpc) is 2.75. The van der Waals surface area contributed by atoms with Crippen LogP contribution < -0.4 is 0 Å². The standard InChI is InChI=1S/C12H17NOS/c1-8-7-10(8)12(14)13(3)9(2)11-5-4-6-15-11/h4-6,8-10H,7H2,1-3H3. The van der Waals surface area contributed by atoms with Crippen molar-refractivity contribution in [3.8, 4) is 0 Å². The number of hydrogen-bond donors (Lipinski definition) is 0. The van der Waals surface area contributed by atoms with Gasteiger partial charge in [-0.2, -0.15) is 0 Å². The van der Waals surface area contributed by atoms with Crippen LogP contribution in [0, 0.1) is 11.8 Å². The highest BCUT2D eigenvalue weighted by Crippen LogP contribution is 2.40. The maximum Gasteiger partial charge on any atom is 0.226 e. The lowest BCUT2D eigenvalue weighted by Crippen LogP contribution is -2.30. The Morgan fingerprint density at radius 2 is 2.33 bits per heavy atom. The Balaban J connectivity index is 2.01. The molecule has 1 aliphatic carbocycles. The molecular formula is C12H17NOS. The lowest BCUT2D eigenvalue weighted by molar-refractivity contribution is -0.133. The molecule has 1 aromatic rings. The normalized spacial score (nSPS) is 26.1. The zero-order chi connectivity index (χ0) is 11.0. The Morgan fingerprint density at radius 1 is 1.67 bits per heavy atom. The average molecular weight is 223 g/mol. The van der Waals surface area contributed by atoms with Gasteiger partial charge in [0.25, 0.3) is 0 Å². The number of rotatable bonds is 3. The van der Waals surface area contributed by atoms with E-state index in [0.717, 1.165) is 6.42 Å². The van der Waals surface area contributed by atoms with Crippen LogP contribution in [0.5, 0.6) is 0 Å². The summed E-state index contributed by atoms with van der Waals surface area (Å²) in [5.41, 5.74) is 0. The molecule has 1 saturated carbocycles. The number of hydrogen-bond acceptors (Lipinski definition) is 2. The summed E-state index contributed by atoms with van der Waals surface area (Å²) < 4.78 is 0. The van der Waals surface area contributed by atoms with E-state index in [9.17, 15) is 4.79 Å². The van der Waals surface area contributed by atoms with Crippen LogP contribution in [-0.4, -0.2) is 17.9 Å². The molecule has 3 unspecified atom stereocenters. The van der Waals surface area contributed by atoms with Crippen molar-refractivity contribution in [3.63, 3.8) is 0 Å². The Kier molecular flexibility index (Phi) is 2.83. The summed E-state index contributed by atoms with van der Waals surface area (Å²) >= 11 is 1.72. The minimum atomic E-state index is 0.213. The molecule has 1 aromatic heterocycles. The molecule has 0 saturated heterocycles. The van der Waals surface area contributed by atoms with Gasteiger partial charge in [0.05, 0.1) is 6.04 Å². The van der Waals surface area contributed by atoms with Crippen molar-refractivity contribution in [1.82, 2.24) is 4.90 Å². The first-order valence-electron chi connectivity index (χ1n) is 5.41. The Labute approximate surface area is 94.9 Å². The third-order valence-corrected chi connectivity index (χ3v) is 4.35. The maximum atomic E-state index is 12.0. The highest BCUT2D eigenvalue weighted by Gasteiger charge is 2.41. The van der Waals surface area contributed by atoms with Gasteiger partial charge >= 0.3 is 0 Å². The number of carbonyl (C=O) groups is 1. The van der Waals surface area contributed by atoms with Crippen molar-refractivity contribution in [2.45, 2.75) is 26.3 Å². The minimum Gasteiger partial charge on any atom is -0.338 e. The van der Waals surface area contributed by atoms with Crippen LogP contribution in [0.2, 0.25) is 0 Å². The summed E-state index contributed by atoms with van der Waals surface area (Å²) in [7, 11) is 1.91. The quantitative estimate of drug-likeness (QED) is 0.771. The van der Waals surface area contributed by atoms with Gasteiger partial charge in [0.2, 0.25) is 5.91 Å². The third-order valence-electron chi connectivity index (χ3n) is 3.31. The van der Waals surface area contributed by atoms with E-state index < -0.39 is 0 Å². The van der Waals surface area contributed by atoms with E-state index in [1.165, 1.54) is 4.88 Å². The first-order chi connectivity index (χ1) is 7.11. The fourth-order valence-electron chi connectivity index (χ4n) is 1.84. The highest BCUT2D eigenvalue weighted by atomic mass is 32.1. The van der Waals surface area contributed by atoms with E-state index in [1.54, 1.807) is 11.3 Å². The summed E-state index contributed by atoms with van der Waals surface area (Å²) in [6, 6.07) is 4.34. The topological polar surface area (TPSA) is 20.3 Å². The lowest BCUT2D eigenvalue weighted by atomic mass is 10.2. The smallest absolute Gasteiger partial charge is 0.226 e. The Hall–Kier alpha value is -0.830. The van der Waals surface area contributed by atoms with Crippen LogP contribution in [0.4, 0.5) is 0 Å². The van der Waals surface area contributed by atoms with E-state index >= 15 is 0 Å². The summed E-state index contributed by atoms with van der Waals surface area (Å²) in [5, 5.41) is 2.06. The van der Waals surface area contributed by atoms with Gasteiger partial charge in [-0.1, -0.05) is 13.0 Å². The van der Waals surface area contributed by atoms with Crippen LogP contribution in [0.1, 0.15) is 31.2 Å². The summed E-state index contributed by atoms with van der Waals surface area (Å²) in [6.07, 6.45) is 1.07. The van der Waals surface area contributed by atoms with Crippen molar-refractivity contribution >= 4 is 17.2 Å². The molecule has 0 N–H and O–H groups in total. The molecule has 1 aliphatic rings. The molecule has 15 heavy (non-hydrogen) atoms. The zero-order valence-corrected chi connectivity index (χ0v) is 10.3. The second-order valence-corrected chi connectivity index (χ2v) is 5.44. The van der Waals surface area contributed by atoms with Crippen LogP contribution in [0.25, 0.3) is 0 Å². The fourth-order valence-corrected chi connectivity index (χ4v) is 2.66. The Morgan fingerprint density at radius 3 is 2.80 bits per heavy atom. The second-order valence-electron chi connectivity index (χ2n) is 4.46. The molecule has 3 heteroatoms. The SMILES string of the molecule is CC1CC1C(=O)N(C)C(C)c1cccs1. The Bertz CT molecular complexity index is 347. The molecule has 2 rings (SSSR count). The molecule has 0 radical (unpaired) electrons. The van der Waals surface area contributed by atoms with Crippen molar-refractivity contribution in [2.24, 2.45) is 11.8 Å². The summed E-state index contributed by atoms with van der Waals surface area (Å²) in [6.45, 7) is 4.24. The van der Waals surface area contributed by atoms with E-state index in [1.807, 2.05) is 18.0 Å². The van der Waals surface area contributed by atoms with Gasteiger partial charge in [0.15, 0.2) is 0 Å². The van der Waals surface area contributed by atoms with Gasteiger partial charge in [-0.15, -0.1) is 11.3 Å². The van der Waals surface area contributed by atoms with Crippen molar-refractivity contribution in [3.05, 3.63) is 22.4 Å². The first kappa shape index (κ1) is 10.7. The second kappa shape index (κ2) is 3.97. The van der Waals surface area contributed by atoms with Crippen molar-refractivity contribution < 1.29 is 4.79 Å². The largest absolute Gasteiger partial charge is 0.338 e. The predicted octanol–water partition coefficient (Wildman–Crippen LogP) is 2.92. The van der Waals surface area contributed by atoms with Crippen molar-refractivity contribution in [2.75, 3.05) is 7.05 Å². The van der Waals surface area contributed by atoms with Gasteiger partial charge in [-0.3, -0.25) is 4.79 Å². The fraction of sp³-hybridized carbons (Fsp3) is 0.583. The van der Waals surface area contributed by atoms with Gasteiger partial charge in [0.1, 0.15) is 0 Å². The highest BCUT2D eigenvalue weighted by molar-refractivity contribution is 7.10. The number of carbonyl (C=O) groups excluding carboxylic acids is 1. The van der Waals surface area contributed by atoms with E-state index in [0.29, 0.717) is 11.8 Å². The van der Waals surface area contributed by atoms with Crippen LogP contribution in [0.15, 0.2) is 17.5 Å². The molecule has 1 amide bonds.